The van der Waals surface area contributed by atoms with E-state index >= 15 is 0 Å². The van der Waals surface area contributed by atoms with Gasteiger partial charge in [0.2, 0.25) is 5.91 Å². The standard InChI is InChI=1S/C21H27N3O4/c1-14-6-4-7-15(2)20(14)27-13-18-10-19(23-28-18)21(26)24-9-5-8-17(12-24)11-22-16(3)25/h4,6-7,10,17H,5,8-9,11-13H2,1-3H3,(H,22,25). The van der Waals surface area contributed by atoms with Crippen molar-refractivity contribution in [3.63, 3.8) is 0 Å². The number of para-hydroxylation sites is 1. The third-order valence-corrected chi connectivity index (χ3v) is 4.99. The van der Waals surface area contributed by atoms with Gasteiger partial charge in [0, 0.05) is 32.6 Å². The van der Waals surface area contributed by atoms with Crippen LogP contribution in [0.5, 0.6) is 5.75 Å². The molecule has 1 aromatic carbocycles. The number of nitrogens with one attached hydrogen (secondary N) is 1. The Morgan fingerprint density at radius 2 is 2.07 bits per heavy atom. The Hall–Kier alpha value is -2.83. The van der Waals surface area contributed by atoms with Gasteiger partial charge < -0.3 is 19.5 Å². The minimum Gasteiger partial charge on any atom is -0.485 e. The summed E-state index contributed by atoms with van der Waals surface area (Å²) in [4.78, 5) is 25.6. The molecule has 1 unspecified atom stereocenters. The van der Waals surface area contributed by atoms with Gasteiger partial charge in [-0.3, -0.25) is 9.59 Å². The van der Waals surface area contributed by atoms with Crippen molar-refractivity contribution >= 4 is 11.8 Å². The molecule has 1 atom stereocenters. The molecule has 0 spiro atoms. The number of carbonyl (C=O) groups excluding carboxylic acids is 2. The van der Waals surface area contributed by atoms with E-state index in [-0.39, 0.29) is 24.3 Å². The number of aryl methyl sites for hydroxylation is 2. The number of aromatic nitrogens is 1. The monoisotopic (exact) mass is 385 g/mol. The van der Waals surface area contributed by atoms with Crippen LogP contribution in [0.1, 0.15) is 47.1 Å². The second-order valence-corrected chi connectivity index (χ2v) is 7.38. The minimum atomic E-state index is -0.144. The highest BCUT2D eigenvalue weighted by Gasteiger charge is 2.26. The van der Waals surface area contributed by atoms with Crippen molar-refractivity contribution in [3.8, 4) is 5.75 Å². The summed E-state index contributed by atoms with van der Waals surface area (Å²) in [7, 11) is 0. The molecule has 2 heterocycles. The van der Waals surface area contributed by atoms with Crippen molar-refractivity contribution in [2.24, 2.45) is 5.92 Å². The van der Waals surface area contributed by atoms with Crippen molar-refractivity contribution in [2.75, 3.05) is 19.6 Å². The van der Waals surface area contributed by atoms with Gasteiger partial charge in [0.1, 0.15) is 12.4 Å². The van der Waals surface area contributed by atoms with E-state index in [9.17, 15) is 9.59 Å². The van der Waals surface area contributed by atoms with Gasteiger partial charge in [-0.1, -0.05) is 23.4 Å². The summed E-state index contributed by atoms with van der Waals surface area (Å²) >= 11 is 0. The van der Waals surface area contributed by atoms with Gasteiger partial charge >= 0.3 is 0 Å². The maximum atomic E-state index is 12.8. The fraction of sp³-hybridized carbons (Fsp3) is 0.476. The van der Waals surface area contributed by atoms with Gasteiger partial charge in [-0.05, 0) is 43.7 Å². The van der Waals surface area contributed by atoms with E-state index in [2.05, 4.69) is 10.5 Å². The highest BCUT2D eigenvalue weighted by molar-refractivity contribution is 5.92. The number of likely N-dealkylation sites (tertiary alicyclic amines) is 1. The number of rotatable bonds is 6. The zero-order valence-electron chi connectivity index (χ0n) is 16.7. The first-order valence-corrected chi connectivity index (χ1v) is 9.62. The SMILES string of the molecule is CC(=O)NCC1CCCN(C(=O)c2cc(COc3c(C)cccc3C)on2)C1. The summed E-state index contributed by atoms with van der Waals surface area (Å²) < 4.78 is 11.2. The van der Waals surface area contributed by atoms with E-state index in [0.29, 0.717) is 31.1 Å². The molecule has 1 N–H and O–H groups in total. The molecule has 2 amide bonds. The van der Waals surface area contributed by atoms with Gasteiger partial charge in [0.05, 0.1) is 0 Å². The molecule has 0 bridgehead atoms. The van der Waals surface area contributed by atoms with Crippen LogP contribution in [0, 0.1) is 19.8 Å². The van der Waals surface area contributed by atoms with Gasteiger partial charge in [0.25, 0.3) is 5.91 Å². The van der Waals surface area contributed by atoms with Crippen molar-refractivity contribution < 1.29 is 18.8 Å². The molecule has 2 aromatic rings. The predicted octanol–water partition coefficient (Wildman–Crippen LogP) is 2.86. The lowest BCUT2D eigenvalue weighted by molar-refractivity contribution is -0.119. The molecule has 7 nitrogen and oxygen atoms in total. The lowest BCUT2D eigenvalue weighted by atomic mass is 9.97. The van der Waals surface area contributed by atoms with Crippen LogP contribution in [-0.4, -0.2) is 41.5 Å². The molecule has 0 saturated carbocycles. The molecule has 3 rings (SSSR count). The summed E-state index contributed by atoms with van der Waals surface area (Å²) in [5.41, 5.74) is 2.39. The molecule has 1 saturated heterocycles. The zero-order chi connectivity index (χ0) is 20.1. The number of hydrogen-bond acceptors (Lipinski definition) is 5. The van der Waals surface area contributed by atoms with Crippen LogP contribution in [0.4, 0.5) is 0 Å². The minimum absolute atomic E-state index is 0.0477. The second kappa shape index (κ2) is 8.91. The quantitative estimate of drug-likeness (QED) is 0.826. The zero-order valence-corrected chi connectivity index (χ0v) is 16.7. The number of amides is 2. The summed E-state index contributed by atoms with van der Waals surface area (Å²) in [6, 6.07) is 7.62. The Morgan fingerprint density at radius 3 is 2.79 bits per heavy atom. The first-order valence-electron chi connectivity index (χ1n) is 9.62. The first-order chi connectivity index (χ1) is 13.4. The van der Waals surface area contributed by atoms with Gasteiger partial charge in [-0.25, -0.2) is 0 Å². The second-order valence-electron chi connectivity index (χ2n) is 7.38. The fourth-order valence-corrected chi connectivity index (χ4v) is 3.52. The van der Waals surface area contributed by atoms with Crippen LogP contribution in [0.3, 0.4) is 0 Å². The van der Waals surface area contributed by atoms with E-state index in [0.717, 1.165) is 29.7 Å². The molecule has 1 aromatic heterocycles. The highest BCUT2D eigenvalue weighted by Crippen LogP contribution is 2.24. The molecule has 1 aliphatic heterocycles. The normalized spacial score (nSPS) is 16.7. The topological polar surface area (TPSA) is 84.7 Å². The van der Waals surface area contributed by atoms with Crippen molar-refractivity contribution in [1.29, 1.82) is 0 Å². The first kappa shape index (κ1) is 19.9. The van der Waals surface area contributed by atoms with Crippen molar-refractivity contribution in [3.05, 3.63) is 46.8 Å². The largest absolute Gasteiger partial charge is 0.485 e. The van der Waals surface area contributed by atoms with E-state index in [4.69, 9.17) is 9.26 Å². The Balaban J connectivity index is 1.58. The third kappa shape index (κ3) is 4.91. The average Bonchev–Trinajstić information content (AvgIpc) is 3.14. The molecule has 28 heavy (non-hydrogen) atoms. The smallest absolute Gasteiger partial charge is 0.276 e. The van der Waals surface area contributed by atoms with E-state index in [1.807, 2.05) is 32.0 Å². The number of hydrogen-bond donors (Lipinski definition) is 1. The number of ether oxygens (including phenoxy) is 1. The van der Waals surface area contributed by atoms with Gasteiger partial charge in [-0.2, -0.15) is 0 Å². The van der Waals surface area contributed by atoms with Crippen LogP contribution in [0.25, 0.3) is 0 Å². The van der Waals surface area contributed by atoms with Gasteiger partial charge in [0.15, 0.2) is 11.5 Å². The average molecular weight is 385 g/mol. The number of nitrogens with zero attached hydrogens (tertiary/aromatic N) is 2. The molecular formula is C21H27N3O4. The Labute approximate surface area is 165 Å². The Bertz CT molecular complexity index is 826. The summed E-state index contributed by atoms with van der Waals surface area (Å²) in [5, 5.41) is 6.76. The van der Waals surface area contributed by atoms with Crippen molar-refractivity contribution in [2.45, 2.75) is 40.2 Å². The van der Waals surface area contributed by atoms with Crippen LogP contribution in [-0.2, 0) is 11.4 Å². The maximum absolute atomic E-state index is 12.8. The van der Waals surface area contributed by atoms with Crippen LogP contribution in [0.2, 0.25) is 0 Å². The van der Waals surface area contributed by atoms with Gasteiger partial charge in [-0.15, -0.1) is 0 Å². The molecule has 7 heteroatoms. The van der Waals surface area contributed by atoms with E-state index in [1.54, 1.807) is 11.0 Å². The summed E-state index contributed by atoms with van der Waals surface area (Å²) in [5.74, 6) is 1.41. The molecule has 1 aliphatic rings. The number of piperidine rings is 1. The summed E-state index contributed by atoms with van der Waals surface area (Å²) in [6.07, 6.45) is 1.91. The molecule has 150 valence electrons. The van der Waals surface area contributed by atoms with E-state index in [1.165, 1.54) is 6.92 Å². The lowest BCUT2D eigenvalue weighted by Crippen LogP contribution is -2.43. The molecular weight excluding hydrogens is 358 g/mol. The summed E-state index contributed by atoms with van der Waals surface area (Å²) in [6.45, 7) is 7.60. The fourth-order valence-electron chi connectivity index (χ4n) is 3.52. The van der Waals surface area contributed by atoms with Crippen LogP contribution >= 0.6 is 0 Å². The van der Waals surface area contributed by atoms with Crippen LogP contribution < -0.4 is 10.1 Å². The molecule has 0 radical (unpaired) electrons. The molecule has 0 aliphatic carbocycles. The third-order valence-electron chi connectivity index (χ3n) is 4.99. The number of benzene rings is 1. The lowest BCUT2D eigenvalue weighted by Gasteiger charge is -2.32. The van der Waals surface area contributed by atoms with Crippen LogP contribution in [0.15, 0.2) is 28.8 Å². The molecule has 1 fully saturated rings. The maximum Gasteiger partial charge on any atom is 0.276 e. The highest BCUT2D eigenvalue weighted by atomic mass is 16.5. The van der Waals surface area contributed by atoms with E-state index < -0.39 is 0 Å². The van der Waals surface area contributed by atoms with Crippen molar-refractivity contribution in [1.82, 2.24) is 15.4 Å². The predicted molar refractivity (Wildman–Crippen MR) is 104 cm³/mol. The number of carbonyl (C=O) groups is 2. The Kier molecular flexibility index (Phi) is 6.34. The Morgan fingerprint density at radius 1 is 1.32 bits per heavy atom.